The minimum Gasteiger partial charge on any atom is -0.394 e. The highest BCUT2D eigenvalue weighted by atomic mass is 15.3. The third-order valence-corrected chi connectivity index (χ3v) is 4.80. The van der Waals surface area contributed by atoms with Gasteiger partial charge in [-0.2, -0.15) is 5.10 Å². The van der Waals surface area contributed by atoms with Gasteiger partial charge in [0, 0.05) is 13.6 Å². The lowest BCUT2D eigenvalue weighted by molar-refractivity contribution is 0.252. The van der Waals surface area contributed by atoms with Crippen molar-refractivity contribution in [2.24, 2.45) is 18.4 Å². The Morgan fingerprint density at radius 3 is 2.33 bits per heavy atom. The van der Waals surface area contributed by atoms with Gasteiger partial charge in [0.05, 0.1) is 11.4 Å². The van der Waals surface area contributed by atoms with Crippen LogP contribution < -0.4 is 11.1 Å². The van der Waals surface area contributed by atoms with Crippen molar-refractivity contribution in [2.75, 3.05) is 17.6 Å². The molecular weight excluding hydrogens is 260 g/mol. The van der Waals surface area contributed by atoms with E-state index in [1.54, 1.807) is 0 Å². The molecule has 0 spiro atoms. The lowest BCUT2D eigenvalue weighted by atomic mass is 9.78. The van der Waals surface area contributed by atoms with E-state index in [-0.39, 0.29) is 0 Å². The van der Waals surface area contributed by atoms with Gasteiger partial charge in [-0.15, -0.1) is 0 Å². The van der Waals surface area contributed by atoms with Gasteiger partial charge in [-0.3, -0.25) is 4.68 Å². The summed E-state index contributed by atoms with van der Waals surface area (Å²) in [5, 5.41) is 8.19. The van der Waals surface area contributed by atoms with E-state index in [0.29, 0.717) is 11.3 Å². The fourth-order valence-electron chi connectivity index (χ4n) is 3.91. The Balaban J connectivity index is 2.11. The molecular formula is C17H32N4. The summed E-state index contributed by atoms with van der Waals surface area (Å²) < 4.78 is 1.91. The van der Waals surface area contributed by atoms with Crippen molar-refractivity contribution in [3.8, 4) is 0 Å². The lowest BCUT2D eigenvalue weighted by Crippen LogP contribution is -2.29. The Hall–Kier alpha value is -1.19. The smallest absolute Gasteiger partial charge is 0.147 e. The monoisotopic (exact) mass is 292 g/mol. The normalized spacial score (nSPS) is 17.9. The van der Waals surface area contributed by atoms with Crippen molar-refractivity contribution in [2.45, 2.75) is 65.7 Å². The standard InChI is InChI=1S/C17H32N4/c1-12(2)10-17(8-6-7-9-17)11-19-16-14(18)15(13(3)4)20-21(16)5/h12-13,19H,6-11,18H2,1-5H3. The number of aryl methyl sites for hydroxylation is 1. The summed E-state index contributed by atoms with van der Waals surface area (Å²) in [5.74, 6) is 2.11. The van der Waals surface area contributed by atoms with E-state index in [2.05, 4.69) is 38.1 Å². The molecule has 0 amide bonds. The van der Waals surface area contributed by atoms with Crippen LogP contribution in [0.15, 0.2) is 0 Å². The van der Waals surface area contributed by atoms with E-state index >= 15 is 0 Å². The van der Waals surface area contributed by atoms with Crippen LogP contribution in [0.5, 0.6) is 0 Å². The summed E-state index contributed by atoms with van der Waals surface area (Å²) in [4.78, 5) is 0. The van der Waals surface area contributed by atoms with Crippen molar-refractivity contribution in [1.82, 2.24) is 9.78 Å². The van der Waals surface area contributed by atoms with Gasteiger partial charge in [0.1, 0.15) is 5.82 Å². The summed E-state index contributed by atoms with van der Waals surface area (Å²) in [5.41, 5.74) is 8.56. The molecule has 2 rings (SSSR count). The molecule has 4 heteroatoms. The van der Waals surface area contributed by atoms with Crippen LogP contribution in [0.2, 0.25) is 0 Å². The topological polar surface area (TPSA) is 55.9 Å². The van der Waals surface area contributed by atoms with Crippen LogP contribution in [-0.2, 0) is 7.05 Å². The molecule has 1 saturated carbocycles. The van der Waals surface area contributed by atoms with Gasteiger partial charge in [0.25, 0.3) is 0 Å². The van der Waals surface area contributed by atoms with Gasteiger partial charge >= 0.3 is 0 Å². The highest BCUT2D eigenvalue weighted by molar-refractivity contribution is 5.65. The number of aromatic nitrogens is 2. The SMILES string of the molecule is CC(C)CC1(CNc2c(N)c(C(C)C)nn2C)CCCC1. The molecule has 0 aromatic carbocycles. The maximum atomic E-state index is 6.29. The summed E-state index contributed by atoms with van der Waals surface area (Å²) in [6.45, 7) is 9.95. The van der Waals surface area contributed by atoms with E-state index in [4.69, 9.17) is 5.73 Å². The molecule has 120 valence electrons. The largest absolute Gasteiger partial charge is 0.394 e. The zero-order valence-electron chi connectivity index (χ0n) is 14.4. The fourth-order valence-corrected chi connectivity index (χ4v) is 3.91. The first kappa shape index (κ1) is 16.2. The summed E-state index contributed by atoms with van der Waals surface area (Å²) in [7, 11) is 1.98. The number of hydrogen-bond acceptors (Lipinski definition) is 3. The number of rotatable bonds is 6. The first-order valence-corrected chi connectivity index (χ1v) is 8.41. The Labute approximate surface area is 129 Å². The van der Waals surface area contributed by atoms with Gasteiger partial charge in [-0.25, -0.2) is 0 Å². The van der Waals surface area contributed by atoms with Gasteiger partial charge < -0.3 is 11.1 Å². The molecule has 0 radical (unpaired) electrons. The molecule has 3 N–H and O–H groups in total. The average Bonchev–Trinajstić information content (AvgIpc) is 2.93. The highest BCUT2D eigenvalue weighted by Crippen LogP contribution is 2.43. The zero-order valence-corrected chi connectivity index (χ0v) is 14.4. The molecule has 4 nitrogen and oxygen atoms in total. The van der Waals surface area contributed by atoms with E-state index in [1.165, 1.54) is 32.1 Å². The molecule has 0 atom stereocenters. The lowest BCUT2D eigenvalue weighted by Gasteiger charge is -2.31. The second-order valence-corrected chi connectivity index (χ2v) is 7.58. The molecule has 0 unspecified atom stereocenters. The van der Waals surface area contributed by atoms with Crippen LogP contribution >= 0.6 is 0 Å². The Bertz CT molecular complexity index is 467. The van der Waals surface area contributed by atoms with Gasteiger partial charge in [-0.05, 0) is 36.5 Å². The quantitative estimate of drug-likeness (QED) is 0.828. The fraction of sp³-hybridized carbons (Fsp3) is 0.824. The third-order valence-electron chi connectivity index (χ3n) is 4.80. The first-order chi connectivity index (χ1) is 9.84. The predicted octanol–water partition coefficient (Wildman–Crippen LogP) is 4.14. The number of nitrogens with two attached hydrogens (primary N) is 1. The Kier molecular flexibility index (Phi) is 4.84. The van der Waals surface area contributed by atoms with Crippen molar-refractivity contribution in [3.63, 3.8) is 0 Å². The Morgan fingerprint density at radius 1 is 1.24 bits per heavy atom. The van der Waals surface area contributed by atoms with E-state index < -0.39 is 0 Å². The molecule has 21 heavy (non-hydrogen) atoms. The van der Waals surface area contributed by atoms with E-state index in [1.807, 2.05) is 11.7 Å². The maximum absolute atomic E-state index is 6.29. The summed E-state index contributed by atoms with van der Waals surface area (Å²) >= 11 is 0. The van der Waals surface area contributed by atoms with Crippen molar-refractivity contribution >= 4 is 11.5 Å². The molecule has 0 bridgehead atoms. The molecule has 1 fully saturated rings. The van der Waals surface area contributed by atoms with Crippen molar-refractivity contribution in [1.29, 1.82) is 0 Å². The summed E-state index contributed by atoms with van der Waals surface area (Å²) in [6.07, 6.45) is 6.72. The molecule has 0 saturated heterocycles. The van der Waals surface area contributed by atoms with Crippen LogP contribution in [0.25, 0.3) is 0 Å². The molecule has 1 aliphatic rings. The van der Waals surface area contributed by atoms with Gasteiger partial charge in [0.15, 0.2) is 0 Å². The maximum Gasteiger partial charge on any atom is 0.147 e. The molecule has 1 aliphatic carbocycles. The van der Waals surface area contributed by atoms with Crippen molar-refractivity contribution < 1.29 is 0 Å². The van der Waals surface area contributed by atoms with Crippen LogP contribution in [0.1, 0.15) is 71.4 Å². The number of nitrogens with zero attached hydrogens (tertiary/aromatic N) is 2. The van der Waals surface area contributed by atoms with E-state index in [0.717, 1.165) is 29.7 Å². The number of nitrogen functional groups attached to an aromatic ring is 1. The average molecular weight is 292 g/mol. The van der Waals surface area contributed by atoms with Crippen LogP contribution in [-0.4, -0.2) is 16.3 Å². The van der Waals surface area contributed by atoms with Gasteiger partial charge in [-0.1, -0.05) is 40.5 Å². The minimum atomic E-state index is 0.364. The van der Waals surface area contributed by atoms with E-state index in [9.17, 15) is 0 Å². The van der Waals surface area contributed by atoms with Crippen LogP contribution in [0, 0.1) is 11.3 Å². The van der Waals surface area contributed by atoms with Gasteiger partial charge in [0.2, 0.25) is 0 Å². The number of nitrogens with one attached hydrogen (secondary N) is 1. The molecule has 0 aliphatic heterocycles. The molecule has 1 heterocycles. The van der Waals surface area contributed by atoms with Crippen molar-refractivity contribution in [3.05, 3.63) is 5.69 Å². The zero-order chi connectivity index (χ0) is 15.6. The second-order valence-electron chi connectivity index (χ2n) is 7.58. The third kappa shape index (κ3) is 3.53. The minimum absolute atomic E-state index is 0.364. The number of hydrogen-bond donors (Lipinski definition) is 2. The van der Waals surface area contributed by atoms with Crippen LogP contribution in [0.4, 0.5) is 11.5 Å². The summed E-state index contributed by atoms with van der Waals surface area (Å²) in [6, 6.07) is 0. The predicted molar refractivity (Wildman–Crippen MR) is 90.6 cm³/mol. The Morgan fingerprint density at radius 2 is 1.86 bits per heavy atom. The number of anilines is 2. The highest BCUT2D eigenvalue weighted by Gasteiger charge is 2.34. The second kappa shape index (κ2) is 6.29. The molecule has 1 aromatic heterocycles. The first-order valence-electron chi connectivity index (χ1n) is 8.41. The molecule has 1 aromatic rings. The van der Waals surface area contributed by atoms with Crippen LogP contribution in [0.3, 0.4) is 0 Å².